The number of ether oxygens (including phenoxy) is 1. The molecule has 0 amide bonds. The number of hydrogen-bond donors (Lipinski definition) is 1. The van der Waals surface area contributed by atoms with E-state index < -0.39 is 0 Å². The number of hydrogen-bond acceptors (Lipinski definition) is 2. The minimum absolute atomic E-state index is 0.0780. The van der Waals surface area contributed by atoms with Crippen LogP contribution in [0.2, 0.25) is 0 Å². The fraction of sp³-hybridized carbons (Fsp3) is 0.579. The van der Waals surface area contributed by atoms with Crippen molar-refractivity contribution in [1.29, 1.82) is 0 Å². The zero-order valence-corrected chi connectivity index (χ0v) is 13.6. The normalized spacial score (nSPS) is 23.1. The first-order valence-corrected chi connectivity index (χ1v) is 8.23. The Morgan fingerprint density at radius 1 is 1.19 bits per heavy atom. The van der Waals surface area contributed by atoms with Crippen molar-refractivity contribution in [2.24, 2.45) is 5.92 Å². The van der Waals surface area contributed by atoms with Crippen LogP contribution in [0.15, 0.2) is 30.3 Å². The molecule has 21 heavy (non-hydrogen) atoms. The van der Waals surface area contributed by atoms with E-state index >= 15 is 0 Å². The first-order valence-electron chi connectivity index (χ1n) is 8.23. The Kier molecular flexibility index (Phi) is 5.46. The molecule has 2 unspecified atom stereocenters. The lowest BCUT2D eigenvalue weighted by Gasteiger charge is -2.27. The highest BCUT2D eigenvalue weighted by molar-refractivity contribution is 5.69. The largest absolute Gasteiger partial charge is 0.508 e. The second kappa shape index (κ2) is 7.13. The summed E-state index contributed by atoms with van der Waals surface area (Å²) in [6.07, 6.45) is 8.13. The van der Waals surface area contributed by atoms with Crippen LogP contribution in [0.4, 0.5) is 0 Å². The van der Waals surface area contributed by atoms with Gasteiger partial charge >= 0.3 is 0 Å². The van der Waals surface area contributed by atoms with E-state index in [1.54, 1.807) is 12.1 Å². The third-order valence-electron chi connectivity index (χ3n) is 4.62. The van der Waals surface area contributed by atoms with Crippen LogP contribution in [0.3, 0.4) is 0 Å². The predicted octanol–water partition coefficient (Wildman–Crippen LogP) is 5.17. The lowest BCUT2D eigenvalue weighted by molar-refractivity contribution is 0.00857. The van der Waals surface area contributed by atoms with E-state index in [1.807, 2.05) is 12.1 Å². The molecule has 1 aromatic rings. The van der Waals surface area contributed by atoms with Crippen LogP contribution in [0.5, 0.6) is 5.75 Å². The van der Waals surface area contributed by atoms with Gasteiger partial charge in [0.2, 0.25) is 0 Å². The highest BCUT2D eigenvalue weighted by atomic mass is 16.5. The lowest BCUT2D eigenvalue weighted by atomic mass is 9.87. The molecule has 0 aromatic heterocycles. The Morgan fingerprint density at radius 2 is 1.90 bits per heavy atom. The predicted molar refractivity (Wildman–Crippen MR) is 88.4 cm³/mol. The van der Waals surface area contributed by atoms with Crippen molar-refractivity contribution < 1.29 is 9.84 Å². The van der Waals surface area contributed by atoms with Gasteiger partial charge in [0.1, 0.15) is 5.75 Å². The number of phenols is 1. The fourth-order valence-corrected chi connectivity index (χ4v) is 3.00. The summed E-state index contributed by atoms with van der Waals surface area (Å²) in [6, 6.07) is 7.44. The van der Waals surface area contributed by atoms with E-state index in [-0.39, 0.29) is 5.60 Å². The van der Waals surface area contributed by atoms with E-state index in [1.165, 1.54) is 18.4 Å². The van der Waals surface area contributed by atoms with Crippen LogP contribution >= 0.6 is 0 Å². The van der Waals surface area contributed by atoms with Gasteiger partial charge in [0.15, 0.2) is 0 Å². The molecule has 2 heteroatoms. The maximum absolute atomic E-state index is 9.41. The minimum Gasteiger partial charge on any atom is -0.508 e. The van der Waals surface area contributed by atoms with Crippen LogP contribution in [0.1, 0.15) is 58.4 Å². The standard InChI is InChI=1S/C19H28O2/c1-4-11-19(12-10-15(3)5-2)13-17(14-21-19)16-6-8-18(20)9-7-16/h6-9,13,15,20H,4-5,10-12,14H2,1-3H3. The molecule has 1 N–H and O–H groups in total. The molecule has 1 aliphatic rings. The van der Waals surface area contributed by atoms with Crippen LogP contribution in [0, 0.1) is 5.92 Å². The lowest BCUT2D eigenvalue weighted by Crippen LogP contribution is -2.27. The van der Waals surface area contributed by atoms with Gasteiger partial charge in [-0.25, -0.2) is 0 Å². The van der Waals surface area contributed by atoms with Crippen LogP contribution in [-0.2, 0) is 4.74 Å². The molecule has 0 spiro atoms. The smallest absolute Gasteiger partial charge is 0.115 e. The number of benzene rings is 1. The molecule has 1 aromatic carbocycles. The first-order chi connectivity index (χ1) is 10.1. The molecule has 2 atom stereocenters. The van der Waals surface area contributed by atoms with E-state index in [4.69, 9.17) is 4.74 Å². The van der Waals surface area contributed by atoms with Crippen molar-refractivity contribution in [2.45, 2.75) is 58.5 Å². The highest BCUT2D eigenvalue weighted by Gasteiger charge is 2.33. The van der Waals surface area contributed by atoms with Gasteiger partial charge in [0.05, 0.1) is 12.2 Å². The molecule has 0 saturated heterocycles. The monoisotopic (exact) mass is 288 g/mol. The van der Waals surface area contributed by atoms with E-state index in [2.05, 4.69) is 26.8 Å². The fourth-order valence-electron chi connectivity index (χ4n) is 3.00. The highest BCUT2D eigenvalue weighted by Crippen LogP contribution is 2.37. The van der Waals surface area contributed by atoms with Gasteiger partial charge in [-0.05, 0) is 54.5 Å². The Balaban J connectivity index is 2.13. The molecule has 0 fully saturated rings. The van der Waals surface area contributed by atoms with Gasteiger partial charge in [-0.15, -0.1) is 0 Å². The summed E-state index contributed by atoms with van der Waals surface area (Å²) in [4.78, 5) is 0. The number of rotatable bonds is 7. The Morgan fingerprint density at radius 3 is 2.52 bits per heavy atom. The zero-order valence-electron chi connectivity index (χ0n) is 13.6. The Labute approximate surface area is 128 Å². The second-order valence-corrected chi connectivity index (χ2v) is 6.37. The quantitative estimate of drug-likeness (QED) is 0.750. The van der Waals surface area contributed by atoms with Crippen molar-refractivity contribution in [3.05, 3.63) is 35.9 Å². The summed E-state index contributed by atoms with van der Waals surface area (Å²) in [6.45, 7) is 7.48. The molecule has 2 rings (SSSR count). The Bertz CT molecular complexity index is 475. The zero-order chi connectivity index (χ0) is 15.3. The molecule has 116 valence electrons. The van der Waals surface area contributed by atoms with Crippen LogP contribution < -0.4 is 0 Å². The van der Waals surface area contributed by atoms with Crippen LogP contribution in [0.25, 0.3) is 5.57 Å². The van der Waals surface area contributed by atoms with Gasteiger partial charge in [0.25, 0.3) is 0 Å². The third kappa shape index (κ3) is 4.10. The molecule has 0 bridgehead atoms. The topological polar surface area (TPSA) is 29.5 Å². The van der Waals surface area contributed by atoms with E-state index in [0.29, 0.717) is 12.4 Å². The molecular weight excluding hydrogens is 260 g/mol. The molecule has 0 saturated carbocycles. The molecule has 1 aliphatic heterocycles. The van der Waals surface area contributed by atoms with Crippen LogP contribution in [-0.4, -0.2) is 17.3 Å². The average Bonchev–Trinajstić information content (AvgIpc) is 2.90. The van der Waals surface area contributed by atoms with Crippen molar-refractivity contribution >= 4 is 5.57 Å². The van der Waals surface area contributed by atoms with Gasteiger partial charge in [0, 0.05) is 0 Å². The van der Waals surface area contributed by atoms with Crippen molar-refractivity contribution in [3.63, 3.8) is 0 Å². The van der Waals surface area contributed by atoms with Gasteiger partial charge in [-0.1, -0.05) is 45.7 Å². The van der Waals surface area contributed by atoms with Crippen molar-refractivity contribution in [3.8, 4) is 5.75 Å². The van der Waals surface area contributed by atoms with E-state index in [9.17, 15) is 5.11 Å². The summed E-state index contributed by atoms with van der Waals surface area (Å²) in [5.41, 5.74) is 2.34. The number of aromatic hydroxyl groups is 1. The molecule has 0 aliphatic carbocycles. The van der Waals surface area contributed by atoms with Gasteiger partial charge < -0.3 is 9.84 Å². The summed E-state index contributed by atoms with van der Waals surface area (Å²) < 4.78 is 6.22. The third-order valence-corrected chi connectivity index (χ3v) is 4.62. The second-order valence-electron chi connectivity index (χ2n) is 6.37. The maximum atomic E-state index is 9.41. The maximum Gasteiger partial charge on any atom is 0.115 e. The minimum atomic E-state index is -0.0780. The molecule has 0 radical (unpaired) electrons. The first kappa shape index (κ1) is 16.1. The van der Waals surface area contributed by atoms with Crippen molar-refractivity contribution in [2.75, 3.05) is 6.61 Å². The Hall–Kier alpha value is -1.28. The van der Waals surface area contributed by atoms with Gasteiger partial charge in [-0.3, -0.25) is 0 Å². The van der Waals surface area contributed by atoms with Gasteiger partial charge in [-0.2, -0.15) is 0 Å². The molecule has 1 heterocycles. The molecule has 2 nitrogen and oxygen atoms in total. The summed E-state index contributed by atoms with van der Waals surface area (Å²) in [5.74, 6) is 1.07. The number of phenolic OH excluding ortho intramolecular Hbond substituents is 1. The summed E-state index contributed by atoms with van der Waals surface area (Å²) >= 11 is 0. The summed E-state index contributed by atoms with van der Waals surface area (Å²) in [5, 5.41) is 9.41. The van der Waals surface area contributed by atoms with Crippen molar-refractivity contribution in [1.82, 2.24) is 0 Å². The SMILES string of the molecule is CCCC1(CCC(C)CC)C=C(c2ccc(O)cc2)CO1. The average molecular weight is 288 g/mol. The molecular formula is C19H28O2. The summed E-state index contributed by atoms with van der Waals surface area (Å²) in [7, 11) is 0. The van der Waals surface area contributed by atoms with E-state index in [0.717, 1.165) is 30.7 Å².